The fraction of sp³-hybridized carbons (Fsp3) is 0.318. The van der Waals surface area contributed by atoms with Crippen molar-refractivity contribution >= 4 is 21.9 Å². The number of amides is 1. The quantitative estimate of drug-likeness (QED) is 0.560. The van der Waals surface area contributed by atoms with Gasteiger partial charge >= 0.3 is 6.01 Å². The smallest absolute Gasteiger partial charge is 0.322 e. The molecule has 4 rings (SSSR count). The van der Waals surface area contributed by atoms with Crippen LogP contribution in [0.1, 0.15) is 24.3 Å². The lowest BCUT2D eigenvalue weighted by Gasteiger charge is -2.30. The monoisotopic (exact) mass is 474 g/mol. The predicted molar refractivity (Wildman–Crippen MR) is 117 cm³/mol. The lowest BCUT2D eigenvalue weighted by atomic mass is 9.97. The van der Waals surface area contributed by atoms with Gasteiger partial charge in [-0.3, -0.25) is 10.1 Å². The summed E-state index contributed by atoms with van der Waals surface area (Å²) in [4.78, 5) is 12.6. The maximum atomic E-state index is 13.1. The van der Waals surface area contributed by atoms with Gasteiger partial charge in [0, 0.05) is 19.0 Å². The van der Waals surface area contributed by atoms with E-state index in [9.17, 15) is 17.6 Å². The highest BCUT2D eigenvalue weighted by Crippen LogP contribution is 2.25. The average Bonchev–Trinajstić information content (AvgIpc) is 3.26. The Morgan fingerprint density at radius 2 is 1.79 bits per heavy atom. The second kappa shape index (κ2) is 9.67. The van der Waals surface area contributed by atoms with Crippen LogP contribution in [0.4, 0.5) is 10.4 Å². The van der Waals surface area contributed by atoms with Crippen molar-refractivity contribution in [3.05, 3.63) is 65.8 Å². The number of nitrogens with zero attached hydrogens (tertiary/aromatic N) is 3. The largest absolute Gasteiger partial charge is 0.497 e. The normalized spacial score (nSPS) is 15.3. The second-order valence-electron chi connectivity index (χ2n) is 7.65. The number of carbonyl (C=O) groups excluding carboxylic acids is 1. The van der Waals surface area contributed by atoms with Gasteiger partial charge in [-0.1, -0.05) is 17.2 Å². The third-order valence-corrected chi connectivity index (χ3v) is 7.40. The molecular formula is C22H23FN4O5S. The Balaban J connectivity index is 1.31. The molecule has 0 bridgehead atoms. The number of aromatic nitrogens is 2. The maximum absolute atomic E-state index is 13.1. The molecule has 9 nitrogen and oxygen atoms in total. The third-order valence-electron chi connectivity index (χ3n) is 5.49. The van der Waals surface area contributed by atoms with Gasteiger partial charge in [0.15, 0.2) is 0 Å². The summed E-state index contributed by atoms with van der Waals surface area (Å²) in [6.07, 6.45) is 1.10. The van der Waals surface area contributed by atoms with Crippen LogP contribution in [0.15, 0.2) is 57.8 Å². The highest BCUT2D eigenvalue weighted by atomic mass is 32.2. The van der Waals surface area contributed by atoms with E-state index in [1.165, 1.54) is 16.4 Å². The van der Waals surface area contributed by atoms with Gasteiger partial charge < -0.3 is 9.15 Å². The van der Waals surface area contributed by atoms with Crippen LogP contribution in [0.3, 0.4) is 0 Å². The van der Waals surface area contributed by atoms with Gasteiger partial charge in [-0.15, -0.1) is 5.10 Å². The first kappa shape index (κ1) is 22.9. The number of carbonyl (C=O) groups is 1. The first-order chi connectivity index (χ1) is 15.8. The molecule has 0 aliphatic carbocycles. The molecule has 0 radical (unpaired) electrons. The van der Waals surface area contributed by atoms with E-state index in [2.05, 4.69) is 15.5 Å². The third kappa shape index (κ3) is 5.37. The predicted octanol–water partition coefficient (Wildman–Crippen LogP) is 2.85. The number of nitrogens with one attached hydrogen (secondary N) is 1. The molecule has 3 aromatic rings. The highest BCUT2D eigenvalue weighted by Gasteiger charge is 2.32. The minimum absolute atomic E-state index is 0.00451. The Labute approximate surface area is 190 Å². The number of benzene rings is 2. The summed E-state index contributed by atoms with van der Waals surface area (Å²) in [6.45, 7) is 0.370. The molecule has 11 heteroatoms. The molecule has 1 saturated heterocycles. The minimum atomic E-state index is -3.73. The molecule has 1 aromatic heterocycles. The number of piperidine rings is 1. The Kier molecular flexibility index (Phi) is 6.70. The highest BCUT2D eigenvalue weighted by molar-refractivity contribution is 7.89. The summed E-state index contributed by atoms with van der Waals surface area (Å²) >= 11 is 0. The van der Waals surface area contributed by atoms with Crippen LogP contribution in [-0.4, -0.2) is 49.0 Å². The van der Waals surface area contributed by atoms with E-state index in [1.807, 2.05) is 24.3 Å². The van der Waals surface area contributed by atoms with Crippen LogP contribution >= 0.6 is 0 Å². The molecule has 0 saturated carbocycles. The summed E-state index contributed by atoms with van der Waals surface area (Å²) in [6, 6.07) is 12.1. The Bertz CT molecular complexity index is 1200. The summed E-state index contributed by atoms with van der Waals surface area (Å²) in [7, 11) is -2.14. The second-order valence-corrected chi connectivity index (χ2v) is 9.59. The van der Waals surface area contributed by atoms with Crippen molar-refractivity contribution in [2.75, 3.05) is 25.5 Å². The zero-order valence-corrected chi connectivity index (χ0v) is 18.7. The molecule has 1 aliphatic rings. The maximum Gasteiger partial charge on any atom is 0.322 e. The standard InChI is InChI=1S/C22H23FN4O5S/c1-31-18-6-2-15(3-7-18)14-20-25-26-22(32-20)24-21(28)16-10-12-27(13-11-16)33(29,30)19-8-4-17(23)5-9-19/h2-9,16H,10-14H2,1H3,(H,24,26,28). The molecular weight excluding hydrogens is 451 g/mol. The molecule has 0 spiro atoms. The van der Waals surface area contributed by atoms with Gasteiger partial charge in [0.2, 0.25) is 21.8 Å². The van der Waals surface area contributed by atoms with E-state index < -0.39 is 15.8 Å². The van der Waals surface area contributed by atoms with E-state index in [-0.39, 0.29) is 35.8 Å². The molecule has 2 heterocycles. The lowest BCUT2D eigenvalue weighted by Crippen LogP contribution is -2.41. The summed E-state index contributed by atoms with van der Waals surface area (Å²) in [5.74, 6) is -0.0861. The van der Waals surface area contributed by atoms with Gasteiger partial charge in [-0.2, -0.15) is 4.31 Å². The average molecular weight is 475 g/mol. The number of anilines is 1. The van der Waals surface area contributed by atoms with E-state index in [0.717, 1.165) is 23.4 Å². The van der Waals surface area contributed by atoms with Crippen molar-refractivity contribution in [2.45, 2.75) is 24.2 Å². The summed E-state index contributed by atoms with van der Waals surface area (Å²) in [5, 5.41) is 10.4. The van der Waals surface area contributed by atoms with Crippen molar-refractivity contribution in [1.82, 2.24) is 14.5 Å². The fourth-order valence-corrected chi connectivity index (χ4v) is 5.08. The fourth-order valence-electron chi connectivity index (χ4n) is 3.61. The van der Waals surface area contributed by atoms with Crippen molar-refractivity contribution in [1.29, 1.82) is 0 Å². The first-order valence-electron chi connectivity index (χ1n) is 10.4. The molecule has 2 aromatic carbocycles. The van der Waals surface area contributed by atoms with E-state index >= 15 is 0 Å². The molecule has 174 valence electrons. The topological polar surface area (TPSA) is 115 Å². The van der Waals surface area contributed by atoms with Gasteiger partial charge in [-0.05, 0) is 54.8 Å². The summed E-state index contributed by atoms with van der Waals surface area (Å²) in [5.41, 5.74) is 0.951. The molecule has 0 atom stereocenters. The lowest BCUT2D eigenvalue weighted by molar-refractivity contribution is -0.121. The van der Waals surface area contributed by atoms with Gasteiger partial charge in [0.05, 0.1) is 18.4 Å². The van der Waals surface area contributed by atoms with Crippen molar-refractivity contribution in [2.24, 2.45) is 5.92 Å². The Morgan fingerprint density at radius 1 is 1.12 bits per heavy atom. The number of methoxy groups -OCH3 is 1. The molecule has 1 aliphatic heterocycles. The van der Waals surface area contributed by atoms with Crippen molar-refractivity contribution in [3.63, 3.8) is 0 Å². The Hall–Kier alpha value is -3.31. The molecule has 1 N–H and O–H groups in total. The molecule has 1 fully saturated rings. The zero-order valence-electron chi connectivity index (χ0n) is 17.9. The van der Waals surface area contributed by atoms with E-state index in [4.69, 9.17) is 9.15 Å². The molecule has 33 heavy (non-hydrogen) atoms. The van der Waals surface area contributed by atoms with Gasteiger partial charge in [-0.25, -0.2) is 12.8 Å². The van der Waals surface area contributed by atoms with E-state index in [1.54, 1.807) is 7.11 Å². The van der Waals surface area contributed by atoms with Crippen molar-refractivity contribution < 1.29 is 26.8 Å². The SMILES string of the molecule is COc1ccc(Cc2nnc(NC(=O)C3CCN(S(=O)(=O)c4ccc(F)cc4)CC3)o2)cc1. The first-order valence-corrected chi connectivity index (χ1v) is 11.8. The van der Waals surface area contributed by atoms with Crippen LogP contribution in [0.2, 0.25) is 0 Å². The van der Waals surface area contributed by atoms with Gasteiger partial charge in [0.25, 0.3) is 0 Å². The number of halogens is 1. The number of rotatable bonds is 7. The number of hydrogen-bond donors (Lipinski definition) is 1. The molecule has 0 unspecified atom stereocenters. The van der Waals surface area contributed by atoms with E-state index in [0.29, 0.717) is 25.2 Å². The number of ether oxygens (including phenoxy) is 1. The zero-order chi connectivity index (χ0) is 23.4. The van der Waals surface area contributed by atoms with Crippen molar-refractivity contribution in [3.8, 4) is 5.75 Å². The number of sulfonamides is 1. The van der Waals surface area contributed by atoms with Crippen LogP contribution in [0, 0.1) is 11.7 Å². The van der Waals surface area contributed by atoms with Crippen LogP contribution in [-0.2, 0) is 21.2 Å². The van der Waals surface area contributed by atoms with Crippen LogP contribution in [0.5, 0.6) is 5.75 Å². The minimum Gasteiger partial charge on any atom is -0.497 e. The van der Waals surface area contributed by atoms with Crippen LogP contribution < -0.4 is 10.1 Å². The Morgan fingerprint density at radius 3 is 2.42 bits per heavy atom. The number of hydrogen-bond acceptors (Lipinski definition) is 7. The van der Waals surface area contributed by atoms with Crippen LogP contribution in [0.25, 0.3) is 0 Å². The van der Waals surface area contributed by atoms with Gasteiger partial charge in [0.1, 0.15) is 11.6 Å². The molecule has 1 amide bonds. The summed E-state index contributed by atoms with van der Waals surface area (Å²) < 4.78 is 50.5.